The number of rotatable bonds is 3. The standard InChI is InChI=1S/C17H16FNO4S/c18-11-2-1-3-13(8-11)24(20,21)23-12-4-5-14-15-6-7-19-10-17(15)22-16(14)9-12/h1-5,8-9,15,17,19H,6-7,10H2. The number of hydrogen-bond acceptors (Lipinski definition) is 5. The average Bonchev–Trinajstić information content (AvgIpc) is 2.92. The van der Waals surface area contributed by atoms with Crippen LogP contribution in [-0.4, -0.2) is 27.6 Å². The number of halogens is 1. The summed E-state index contributed by atoms with van der Waals surface area (Å²) >= 11 is 0. The summed E-state index contributed by atoms with van der Waals surface area (Å²) < 4.78 is 48.8. The summed E-state index contributed by atoms with van der Waals surface area (Å²) in [6, 6.07) is 9.78. The van der Waals surface area contributed by atoms with Crippen molar-refractivity contribution in [1.29, 1.82) is 0 Å². The van der Waals surface area contributed by atoms with Crippen LogP contribution >= 0.6 is 0 Å². The Morgan fingerprint density at radius 2 is 2.08 bits per heavy atom. The number of benzene rings is 2. The van der Waals surface area contributed by atoms with Gasteiger partial charge in [-0.25, -0.2) is 4.39 Å². The molecule has 2 aromatic carbocycles. The summed E-state index contributed by atoms with van der Waals surface area (Å²) in [4.78, 5) is -0.221. The van der Waals surface area contributed by atoms with E-state index in [1.54, 1.807) is 12.1 Å². The first kappa shape index (κ1) is 15.4. The molecule has 4 rings (SSSR count). The molecule has 2 aliphatic heterocycles. The first-order valence-corrected chi connectivity index (χ1v) is 9.15. The van der Waals surface area contributed by atoms with Gasteiger partial charge in [0.05, 0.1) is 0 Å². The number of fused-ring (bicyclic) bond motifs is 3. The molecular weight excluding hydrogens is 333 g/mol. The maximum Gasteiger partial charge on any atom is 0.339 e. The van der Waals surface area contributed by atoms with E-state index >= 15 is 0 Å². The highest BCUT2D eigenvalue weighted by Gasteiger charge is 2.36. The molecule has 2 unspecified atom stereocenters. The molecule has 1 saturated heterocycles. The molecule has 2 heterocycles. The van der Waals surface area contributed by atoms with Crippen LogP contribution in [0.25, 0.3) is 0 Å². The third kappa shape index (κ3) is 2.74. The molecule has 24 heavy (non-hydrogen) atoms. The number of piperidine rings is 1. The molecule has 0 amide bonds. The van der Waals surface area contributed by atoms with Gasteiger partial charge >= 0.3 is 10.1 Å². The van der Waals surface area contributed by atoms with Crippen LogP contribution in [0.2, 0.25) is 0 Å². The van der Waals surface area contributed by atoms with E-state index in [0.717, 1.165) is 31.1 Å². The third-order valence-corrected chi connectivity index (χ3v) is 5.62. The SMILES string of the molecule is O=S(=O)(Oc1ccc2c(c1)OC1CNCCC21)c1cccc(F)c1. The van der Waals surface area contributed by atoms with E-state index in [9.17, 15) is 12.8 Å². The van der Waals surface area contributed by atoms with Gasteiger partial charge in [-0.05, 0) is 37.2 Å². The lowest BCUT2D eigenvalue weighted by atomic mass is 9.90. The Labute approximate surface area is 139 Å². The van der Waals surface area contributed by atoms with Gasteiger partial charge in [-0.2, -0.15) is 8.42 Å². The summed E-state index contributed by atoms with van der Waals surface area (Å²) in [5, 5.41) is 3.28. The fourth-order valence-electron chi connectivity index (χ4n) is 3.24. The normalized spacial score (nSPS) is 22.4. The molecule has 0 spiro atoms. The fraction of sp³-hybridized carbons (Fsp3) is 0.294. The van der Waals surface area contributed by atoms with E-state index in [4.69, 9.17) is 8.92 Å². The summed E-state index contributed by atoms with van der Waals surface area (Å²) in [7, 11) is -4.09. The molecule has 2 aliphatic rings. The summed E-state index contributed by atoms with van der Waals surface area (Å²) in [5.41, 5.74) is 1.08. The minimum atomic E-state index is -4.09. The van der Waals surface area contributed by atoms with Gasteiger partial charge in [-0.1, -0.05) is 12.1 Å². The van der Waals surface area contributed by atoms with Crippen molar-refractivity contribution in [2.24, 2.45) is 0 Å². The molecule has 0 aliphatic carbocycles. The monoisotopic (exact) mass is 349 g/mol. The van der Waals surface area contributed by atoms with Crippen LogP contribution in [0.3, 0.4) is 0 Å². The van der Waals surface area contributed by atoms with Crippen LogP contribution in [0.5, 0.6) is 11.5 Å². The molecule has 7 heteroatoms. The highest BCUT2D eigenvalue weighted by Crippen LogP contribution is 2.43. The zero-order valence-electron chi connectivity index (χ0n) is 12.7. The second-order valence-electron chi connectivity index (χ2n) is 5.95. The van der Waals surface area contributed by atoms with Crippen LogP contribution in [0.1, 0.15) is 17.9 Å². The maximum atomic E-state index is 13.2. The summed E-state index contributed by atoms with van der Waals surface area (Å²) in [6.45, 7) is 1.72. The van der Waals surface area contributed by atoms with Crippen molar-refractivity contribution in [3.8, 4) is 11.5 Å². The molecule has 126 valence electrons. The van der Waals surface area contributed by atoms with E-state index < -0.39 is 15.9 Å². The van der Waals surface area contributed by atoms with Crippen molar-refractivity contribution in [1.82, 2.24) is 5.32 Å². The fourth-order valence-corrected chi connectivity index (χ4v) is 4.20. The van der Waals surface area contributed by atoms with Crippen molar-refractivity contribution in [3.63, 3.8) is 0 Å². The topological polar surface area (TPSA) is 64.6 Å². The Balaban J connectivity index is 1.60. The molecular formula is C17H16FNO4S. The summed E-state index contributed by atoms with van der Waals surface area (Å²) in [6.07, 6.45) is 1.06. The number of nitrogens with one attached hydrogen (secondary N) is 1. The average molecular weight is 349 g/mol. The van der Waals surface area contributed by atoms with Crippen molar-refractivity contribution in [3.05, 3.63) is 53.8 Å². The van der Waals surface area contributed by atoms with Gasteiger partial charge in [0.15, 0.2) is 0 Å². The van der Waals surface area contributed by atoms with Crippen molar-refractivity contribution in [2.75, 3.05) is 13.1 Å². The van der Waals surface area contributed by atoms with Crippen LogP contribution < -0.4 is 14.2 Å². The van der Waals surface area contributed by atoms with Gasteiger partial charge in [0, 0.05) is 24.1 Å². The minimum absolute atomic E-state index is 0.0730. The molecule has 2 atom stereocenters. The lowest BCUT2D eigenvalue weighted by molar-refractivity contribution is 0.176. The largest absolute Gasteiger partial charge is 0.488 e. The highest BCUT2D eigenvalue weighted by atomic mass is 32.2. The van der Waals surface area contributed by atoms with Gasteiger partial charge in [-0.15, -0.1) is 0 Å². The van der Waals surface area contributed by atoms with Crippen LogP contribution in [0.4, 0.5) is 4.39 Å². The molecule has 1 N–H and O–H groups in total. The third-order valence-electron chi connectivity index (χ3n) is 4.38. The van der Waals surface area contributed by atoms with Gasteiger partial charge in [0.25, 0.3) is 0 Å². The van der Waals surface area contributed by atoms with E-state index in [1.807, 2.05) is 6.07 Å². The Hall–Kier alpha value is -2.12. The Kier molecular flexibility index (Phi) is 3.69. The molecule has 0 saturated carbocycles. The Bertz CT molecular complexity index is 884. The minimum Gasteiger partial charge on any atom is -0.488 e. The van der Waals surface area contributed by atoms with E-state index in [2.05, 4.69) is 5.32 Å². The van der Waals surface area contributed by atoms with E-state index in [1.165, 1.54) is 18.2 Å². The summed E-state index contributed by atoms with van der Waals surface area (Å²) in [5.74, 6) is 0.508. The molecule has 5 nitrogen and oxygen atoms in total. The zero-order valence-corrected chi connectivity index (χ0v) is 13.6. The van der Waals surface area contributed by atoms with E-state index in [0.29, 0.717) is 11.7 Å². The Morgan fingerprint density at radius 1 is 1.21 bits per heavy atom. The van der Waals surface area contributed by atoms with Gasteiger partial charge in [0.1, 0.15) is 28.3 Å². The number of ether oxygens (including phenoxy) is 1. The lowest BCUT2D eigenvalue weighted by Crippen LogP contribution is -2.39. The molecule has 0 aromatic heterocycles. The van der Waals surface area contributed by atoms with Crippen LogP contribution in [0, 0.1) is 5.82 Å². The van der Waals surface area contributed by atoms with Crippen LogP contribution in [-0.2, 0) is 10.1 Å². The molecule has 0 radical (unpaired) electrons. The molecule has 0 bridgehead atoms. The highest BCUT2D eigenvalue weighted by molar-refractivity contribution is 7.87. The van der Waals surface area contributed by atoms with Crippen molar-refractivity contribution < 1.29 is 21.7 Å². The predicted octanol–water partition coefficient (Wildman–Crippen LogP) is 2.43. The lowest BCUT2D eigenvalue weighted by Gasteiger charge is -2.24. The van der Waals surface area contributed by atoms with Gasteiger partial charge < -0.3 is 14.2 Å². The number of hydrogen-bond donors (Lipinski definition) is 1. The van der Waals surface area contributed by atoms with Gasteiger partial charge in [0.2, 0.25) is 0 Å². The molecule has 2 aromatic rings. The van der Waals surface area contributed by atoms with Crippen molar-refractivity contribution >= 4 is 10.1 Å². The maximum absolute atomic E-state index is 13.2. The first-order chi connectivity index (χ1) is 11.5. The van der Waals surface area contributed by atoms with Crippen molar-refractivity contribution in [2.45, 2.75) is 23.3 Å². The Morgan fingerprint density at radius 3 is 2.92 bits per heavy atom. The van der Waals surface area contributed by atoms with Gasteiger partial charge in [-0.3, -0.25) is 0 Å². The molecule has 1 fully saturated rings. The smallest absolute Gasteiger partial charge is 0.339 e. The van der Waals surface area contributed by atoms with E-state index in [-0.39, 0.29) is 16.7 Å². The second kappa shape index (κ2) is 5.75. The zero-order chi connectivity index (χ0) is 16.7. The second-order valence-corrected chi connectivity index (χ2v) is 7.50. The first-order valence-electron chi connectivity index (χ1n) is 7.74. The predicted molar refractivity (Wildman–Crippen MR) is 85.3 cm³/mol. The van der Waals surface area contributed by atoms with Crippen LogP contribution in [0.15, 0.2) is 47.4 Å². The quantitative estimate of drug-likeness (QED) is 0.862.